The summed E-state index contributed by atoms with van der Waals surface area (Å²) in [5, 5.41) is 10.7. The van der Waals surface area contributed by atoms with Crippen molar-refractivity contribution in [2.75, 3.05) is 39.6 Å². The highest BCUT2D eigenvalue weighted by Gasteiger charge is 2.30. The number of carbonyl (C=O) groups is 4. The summed E-state index contributed by atoms with van der Waals surface area (Å²) in [5.41, 5.74) is 0. The Bertz CT molecular complexity index is 2010. The molecule has 0 radical (unpaired) electrons. The molecule has 0 saturated carbocycles. The molecule has 19 heteroatoms. The van der Waals surface area contributed by atoms with Crippen molar-refractivity contribution in [2.45, 2.75) is 465 Å². The van der Waals surface area contributed by atoms with E-state index >= 15 is 0 Å². The van der Waals surface area contributed by atoms with Crippen molar-refractivity contribution in [1.29, 1.82) is 0 Å². The SMILES string of the molecule is CCCCCCCCCCCCCCCCCCCC(=O)O[C@H](COC(=O)CCCCCCCCCCC(C)C)COP(=O)(O)OC[C@H](O)COP(=O)(O)OC[C@@H](COC(=O)CCCCCCCCCCCCCCCCC(C)CC)OC(=O)CCCCCCCCCCCCCCCCCC(C)C. The van der Waals surface area contributed by atoms with E-state index in [1.165, 1.54) is 257 Å². The maximum atomic E-state index is 13.1. The molecule has 0 heterocycles. The highest BCUT2D eigenvalue weighted by molar-refractivity contribution is 7.47. The van der Waals surface area contributed by atoms with Gasteiger partial charge in [0.05, 0.1) is 26.4 Å². The number of rotatable bonds is 83. The number of hydrogen-bond acceptors (Lipinski definition) is 15. The lowest BCUT2D eigenvalue weighted by Crippen LogP contribution is -2.30. The normalized spacial score (nSPS) is 14.2. The maximum Gasteiger partial charge on any atom is 0.472 e. The molecule has 0 amide bonds. The summed E-state index contributed by atoms with van der Waals surface area (Å²) < 4.78 is 68.9. The van der Waals surface area contributed by atoms with Crippen LogP contribution in [0.1, 0.15) is 447 Å². The summed E-state index contributed by atoms with van der Waals surface area (Å²) in [6.45, 7) is 12.0. The smallest absolute Gasteiger partial charge is 0.462 e. The number of esters is 4. The van der Waals surface area contributed by atoms with Gasteiger partial charge in [-0.1, -0.05) is 395 Å². The van der Waals surface area contributed by atoms with Crippen molar-refractivity contribution < 1.29 is 80.2 Å². The molecule has 0 aliphatic heterocycles. The van der Waals surface area contributed by atoms with Gasteiger partial charge in [0.2, 0.25) is 0 Å². The molecule has 618 valence electrons. The second kappa shape index (κ2) is 75.1. The summed E-state index contributed by atoms with van der Waals surface area (Å²) in [7, 11) is -9.93. The Kier molecular flexibility index (Phi) is 73.7. The minimum atomic E-state index is -4.97. The molecule has 0 fully saturated rings. The minimum Gasteiger partial charge on any atom is -0.462 e. The lowest BCUT2D eigenvalue weighted by molar-refractivity contribution is -0.161. The average molecular weight is 1520 g/mol. The molecular formula is C85H166O17P2. The fourth-order valence-electron chi connectivity index (χ4n) is 13.2. The first-order chi connectivity index (χ1) is 50.3. The van der Waals surface area contributed by atoms with E-state index in [4.69, 9.17) is 37.0 Å². The Labute approximate surface area is 638 Å². The van der Waals surface area contributed by atoms with Crippen LogP contribution in [0.2, 0.25) is 0 Å². The second-order valence-corrected chi connectivity index (χ2v) is 34.7. The fourth-order valence-corrected chi connectivity index (χ4v) is 14.7. The third-order valence-electron chi connectivity index (χ3n) is 20.2. The van der Waals surface area contributed by atoms with Crippen LogP contribution in [-0.4, -0.2) is 96.7 Å². The van der Waals surface area contributed by atoms with E-state index in [0.717, 1.165) is 108 Å². The van der Waals surface area contributed by atoms with E-state index in [2.05, 4.69) is 48.5 Å². The van der Waals surface area contributed by atoms with E-state index < -0.39 is 97.5 Å². The molecule has 0 bridgehead atoms. The van der Waals surface area contributed by atoms with Crippen molar-refractivity contribution in [1.82, 2.24) is 0 Å². The zero-order valence-corrected chi connectivity index (χ0v) is 70.3. The number of hydrogen-bond donors (Lipinski definition) is 3. The molecule has 0 saturated heterocycles. The van der Waals surface area contributed by atoms with Crippen LogP contribution < -0.4 is 0 Å². The maximum absolute atomic E-state index is 13.1. The number of aliphatic hydroxyl groups is 1. The number of phosphoric ester groups is 2. The van der Waals surface area contributed by atoms with Crippen LogP contribution in [0.15, 0.2) is 0 Å². The number of carbonyl (C=O) groups excluding carboxylic acids is 4. The minimum absolute atomic E-state index is 0.108. The molecule has 0 aromatic rings. The predicted octanol–water partition coefficient (Wildman–Crippen LogP) is 25.7. The van der Waals surface area contributed by atoms with E-state index in [1.54, 1.807) is 0 Å². The molecule has 0 aliphatic carbocycles. The van der Waals surface area contributed by atoms with Crippen molar-refractivity contribution in [3.8, 4) is 0 Å². The number of ether oxygens (including phenoxy) is 4. The van der Waals surface area contributed by atoms with Crippen LogP contribution in [-0.2, 0) is 65.4 Å². The van der Waals surface area contributed by atoms with Gasteiger partial charge in [-0.05, 0) is 43.4 Å². The highest BCUT2D eigenvalue weighted by Crippen LogP contribution is 2.45. The van der Waals surface area contributed by atoms with Crippen LogP contribution in [0, 0.1) is 17.8 Å². The summed E-state index contributed by atoms with van der Waals surface area (Å²) in [4.78, 5) is 73.2. The first-order valence-corrected chi connectivity index (χ1v) is 46.9. The van der Waals surface area contributed by atoms with Crippen molar-refractivity contribution in [2.24, 2.45) is 17.8 Å². The van der Waals surface area contributed by atoms with E-state index in [9.17, 15) is 43.2 Å². The van der Waals surface area contributed by atoms with Crippen LogP contribution in [0.4, 0.5) is 0 Å². The second-order valence-electron chi connectivity index (χ2n) is 31.8. The topological polar surface area (TPSA) is 237 Å². The Morgan fingerprint density at radius 1 is 0.279 bits per heavy atom. The summed E-state index contributed by atoms with van der Waals surface area (Å²) >= 11 is 0. The van der Waals surface area contributed by atoms with Crippen LogP contribution in [0.5, 0.6) is 0 Å². The molecule has 0 aliphatic rings. The van der Waals surface area contributed by atoms with Gasteiger partial charge in [0, 0.05) is 25.7 Å². The van der Waals surface area contributed by atoms with Gasteiger partial charge in [0.1, 0.15) is 19.3 Å². The average Bonchev–Trinajstić information content (AvgIpc) is 0.940. The molecule has 3 N–H and O–H groups in total. The van der Waals surface area contributed by atoms with Gasteiger partial charge in [-0.2, -0.15) is 0 Å². The molecule has 104 heavy (non-hydrogen) atoms. The predicted molar refractivity (Wildman–Crippen MR) is 428 cm³/mol. The first kappa shape index (κ1) is 102. The van der Waals surface area contributed by atoms with Gasteiger partial charge in [0.25, 0.3) is 0 Å². The van der Waals surface area contributed by atoms with E-state index in [-0.39, 0.29) is 25.7 Å². The third-order valence-corrected chi connectivity index (χ3v) is 22.1. The highest BCUT2D eigenvalue weighted by atomic mass is 31.2. The van der Waals surface area contributed by atoms with E-state index in [1.807, 2.05) is 0 Å². The fraction of sp³-hybridized carbons (Fsp3) is 0.953. The standard InChI is InChI=1S/C85H166O17P2/c1-8-10-11-12-13-14-15-16-17-18-21-28-33-38-47-54-61-68-85(90)102-81(73-96-83(88)67-60-53-46-41-40-43-50-57-64-77(5)6)75-100-104(93,94)98-71-79(86)70-97-103(91,92)99-74-80(101-84(89)69-62-55-48-39-34-29-22-19-20-25-30-35-42-49-56-63-76(3)4)72-95-82(87)66-59-52-45-37-32-27-24-23-26-31-36-44-51-58-65-78(7)9-2/h76-81,86H,8-75H2,1-7H3,(H,91,92)(H,93,94)/t78?,79-,80-,81-/m1/s1. The van der Waals surface area contributed by atoms with Crippen molar-refractivity contribution >= 4 is 39.5 Å². The third kappa shape index (κ3) is 76.8. The summed E-state index contributed by atoms with van der Waals surface area (Å²) in [6.07, 6.45) is 65.1. The van der Waals surface area contributed by atoms with Gasteiger partial charge in [0.15, 0.2) is 12.2 Å². The Morgan fingerprint density at radius 2 is 0.490 bits per heavy atom. The van der Waals surface area contributed by atoms with Gasteiger partial charge >= 0.3 is 39.5 Å². The van der Waals surface area contributed by atoms with Crippen LogP contribution in [0.25, 0.3) is 0 Å². The zero-order valence-electron chi connectivity index (χ0n) is 68.5. The lowest BCUT2D eigenvalue weighted by atomic mass is 9.99. The quantitative estimate of drug-likeness (QED) is 0.0222. The van der Waals surface area contributed by atoms with Gasteiger partial charge < -0.3 is 33.8 Å². The van der Waals surface area contributed by atoms with Crippen LogP contribution in [0.3, 0.4) is 0 Å². The monoisotopic (exact) mass is 1520 g/mol. The largest absolute Gasteiger partial charge is 0.472 e. The van der Waals surface area contributed by atoms with Crippen molar-refractivity contribution in [3.63, 3.8) is 0 Å². The molecule has 0 rings (SSSR count). The number of phosphoric acid groups is 2. The molecule has 3 unspecified atom stereocenters. The summed E-state index contributed by atoms with van der Waals surface area (Å²) in [5.74, 6) is 0.274. The Balaban J connectivity index is 5.26. The lowest BCUT2D eigenvalue weighted by Gasteiger charge is -2.21. The summed E-state index contributed by atoms with van der Waals surface area (Å²) in [6, 6.07) is 0. The zero-order chi connectivity index (χ0) is 76.5. The van der Waals surface area contributed by atoms with Crippen molar-refractivity contribution in [3.05, 3.63) is 0 Å². The number of unbranched alkanes of at least 4 members (excludes halogenated alkanes) is 50. The molecule has 0 aromatic carbocycles. The molecule has 0 spiro atoms. The molecule has 17 nitrogen and oxygen atoms in total. The Hall–Kier alpha value is -1.94. The van der Waals surface area contributed by atoms with Gasteiger partial charge in [-0.25, -0.2) is 9.13 Å². The molecule has 6 atom stereocenters. The molecular weight excluding hydrogens is 1350 g/mol. The number of aliphatic hydroxyl groups excluding tert-OH is 1. The molecule has 0 aromatic heterocycles. The van der Waals surface area contributed by atoms with Crippen LogP contribution >= 0.6 is 15.6 Å². The Morgan fingerprint density at radius 3 is 0.731 bits per heavy atom. The van der Waals surface area contributed by atoms with Gasteiger partial charge in [-0.15, -0.1) is 0 Å². The van der Waals surface area contributed by atoms with Gasteiger partial charge in [-0.3, -0.25) is 37.3 Å². The van der Waals surface area contributed by atoms with E-state index in [0.29, 0.717) is 25.7 Å². The first-order valence-electron chi connectivity index (χ1n) is 43.9.